The number of benzene rings is 1. The largest absolute Gasteiger partial charge is 0.379 e. The molecule has 1 aromatic carbocycles. The van der Waals surface area contributed by atoms with Crippen LogP contribution in [0.25, 0.3) is 0 Å². The van der Waals surface area contributed by atoms with E-state index < -0.39 is 0 Å². The van der Waals surface area contributed by atoms with Crippen LogP contribution in [0.2, 0.25) is 0 Å². The van der Waals surface area contributed by atoms with Gasteiger partial charge in [-0.3, -0.25) is 4.79 Å². The highest BCUT2D eigenvalue weighted by Gasteiger charge is 2.40. The molecule has 3 rings (SSSR count). The molecule has 0 saturated carbocycles. The summed E-state index contributed by atoms with van der Waals surface area (Å²) in [4.78, 5) is 11.4. The van der Waals surface area contributed by atoms with Gasteiger partial charge in [0.1, 0.15) is 0 Å². The van der Waals surface area contributed by atoms with E-state index in [0.717, 1.165) is 37.3 Å². The Morgan fingerprint density at radius 3 is 2.89 bits per heavy atom. The zero-order valence-corrected chi connectivity index (χ0v) is 10.4. The van der Waals surface area contributed by atoms with E-state index in [1.54, 1.807) is 0 Å². The van der Waals surface area contributed by atoms with Crippen molar-refractivity contribution in [2.75, 3.05) is 25.1 Å². The van der Waals surface area contributed by atoms with Crippen LogP contribution in [-0.2, 0) is 21.4 Å². The van der Waals surface area contributed by atoms with Crippen LogP contribution in [0.15, 0.2) is 18.2 Å². The molecule has 4 nitrogen and oxygen atoms in total. The molecule has 1 fully saturated rings. The molecular weight excluding hydrogens is 228 g/mol. The summed E-state index contributed by atoms with van der Waals surface area (Å²) in [5.74, 6) is 0.0861. The van der Waals surface area contributed by atoms with Gasteiger partial charge in [0.25, 0.3) is 0 Å². The molecule has 0 spiro atoms. The smallest absolute Gasteiger partial charge is 0.228 e. The third-order valence-electron chi connectivity index (χ3n) is 3.96. The van der Waals surface area contributed by atoms with Crippen molar-refractivity contribution in [3.63, 3.8) is 0 Å². The summed E-state index contributed by atoms with van der Waals surface area (Å²) in [6, 6.07) is 6.29. The van der Waals surface area contributed by atoms with Gasteiger partial charge in [0.05, 0.1) is 19.6 Å². The number of carbonyl (C=O) groups excluding carboxylic acids is 1. The Kier molecular flexibility index (Phi) is 2.84. The average Bonchev–Trinajstić information content (AvgIpc) is 2.67. The van der Waals surface area contributed by atoms with E-state index in [1.807, 2.05) is 6.07 Å². The Bertz CT molecular complexity index is 481. The molecule has 18 heavy (non-hydrogen) atoms. The maximum atomic E-state index is 11.4. The first kappa shape index (κ1) is 11.7. The second kappa shape index (κ2) is 4.37. The van der Waals surface area contributed by atoms with Gasteiger partial charge in [0, 0.05) is 11.1 Å². The van der Waals surface area contributed by atoms with E-state index in [1.165, 1.54) is 5.56 Å². The second-order valence-electron chi connectivity index (χ2n) is 5.26. The molecule has 96 valence electrons. The number of amides is 1. The molecule has 0 unspecified atom stereocenters. The van der Waals surface area contributed by atoms with Gasteiger partial charge >= 0.3 is 0 Å². The molecule has 0 aliphatic carbocycles. The van der Waals surface area contributed by atoms with Gasteiger partial charge in [-0.15, -0.1) is 0 Å². The summed E-state index contributed by atoms with van der Waals surface area (Å²) in [6.07, 6.45) is 2.57. The summed E-state index contributed by atoms with van der Waals surface area (Å²) in [5, 5.41) is 2.87. The third kappa shape index (κ3) is 1.82. The molecule has 0 radical (unpaired) electrons. The monoisotopic (exact) mass is 246 g/mol. The maximum absolute atomic E-state index is 11.4. The van der Waals surface area contributed by atoms with Crippen LogP contribution >= 0.6 is 0 Å². The number of hydrogen-bond donors (Lipinski definition) is 2. The van der Waals surface area contributed by atoms with Crippen LogP contribution in [0.5, 0.6) is 0 Å². The number of carbonyl (C=O) groups is 1. The Labute approximate surface area is 107 Å². The number of nitrogens with two attached hydrogens (primary N) is 1. The first-order chi connectivity index (χ1) is 8.73. The van der Waals surface area contributed by atoms with Crippen molar-refractivity contribution in [3.8, 4) is 0 Å². The summed E-state index contributed by atoms with van der Waals surface area (Å²) in [6.45, 7) is 2.26. The lowest BCUT2D eigenvalue weighted by molar-refractivity contribution is -0.115. The van der Waals surface area contributed by atoms with Crippen LogP contribution in [0.4, 0.5) is 5.69 Å². The number of ether oxygens (including phenoxy) is 1. The van der Waals surface area contributed by atoms with E-state index in [4.69, 9.17) is 10.5 Å². The topological polar surface area (TPSA) is 64.4 Å². The number of anilines is 1. The minimum Gasteiger partial charge on any atom is -0.379 e. The van der Waals surface area contributed by atoms with Crippen LogP contribution in [-0.4, -0.2) is 25.7 Å². The molecule has 2 heterocycles. The van der Waals surface area contributed by atoms with Gasteiger partial charge in [-0.2, -0.15) is 0 Å². The van der Waals surface area contributed by atoms with Crippen molar-refractivity contribution in [3.05, 3.63) is 29.3 Å². The summed E-state index contributed by atoms with van der Waals surface area (Å²) < 4.78 is 5.41. The van der Waals surface area contributed by atoms with E-state index >= 15 is 0 Å². The molecule has 1 amide bonds. The quantitative estimate of drug-likeness (QED) is 0.838. The minimum atomic E-state index is 0.0861. The van der Waals surface area contributed by atoms with Crippen molar-refractivity contribution >= 4 is 11.6 Å². The lowest BCUT2D eigenvalue weighted by Crippen LogP contribution is -2.47. The Morgan fingerprint density at radius 2 is 2.22 bits per heavy atom. The summed E-state index contributed by atoms with van der Waals surface area (Å²) >= 11 is 0. The van der Waals surface area contributed by atoms with Crippen molar-refractivity contribution in [2.24, 2.45) is 5.73 Å². The number of rotatable bonds is 4. The lowest BCUT2D eigenvalue weighted by Gasteiger charge is -2.42. The SMILES string of the molecule is NCCCC1(c2ccc3c(c2)CC(=O)N3)COC1. The molecule has 1 saturated heterocycles. The normalized spacial score (nSPS) is 20.2. The standard InChI is InChI=1S/C14H18N2O2/c15-5-1-4-14(8-18-9-14)11-2-3-12-10(6-11)7-13(17)16-12/h2-3,6H,1,4-5,7-9,15H2,(H,16,17). The molecular formula is C14H18N2O2. The van der Waals surface area contributed by atoms with Gasteiger partial charge in [-0.1, -0.05) is 12.1 Å². The fourth-order valence-electron chi connectivity index (χ4n) is 2.80. The number of hydrogen-bond acceptors (Lipinski definition) is 3. The predicted molar refractivity (Wildman–Crippen MR) is 69.6 cm³/mol. The van der Waals surface area contributed by atoms with Gasteiger partial charge in [0.2, 0.25) is 5.91 Å². The highest BCUT2D eigenvalue weighted by Crippen LogP contribution is 2.39. The van der Waals surface area contributed by atoms with Gasteiger partial charge in [-0.25, -0.2) is 0 Å². The molecule has 0 atom stereocenters. The molecule has 0 aromatic heterocycles. The van der Waals surface area contributed by atoms with Crippen LogP contribution < -0.4 is 11.1 Å². The highest BCUT2D eigenvalue weighted by atomic mass is 16.5. The predicted octanol–water partition coefficient (Wildman–Crippen LogP) is 1.19. The van der Waals surface area contributed by atoms with Crippen LogP contribution in [0.3, 0.4) is 0 Å². The second-order valence-corrected chi connectivity index (χ2v) is 5.26. The fourth-order valence-corrected chi connectivity index (χ4v) is 2.80. The summed E-state index contributed by atoms with van der Waals surface area (Å²) in [7, 11) is 0. The lowest BCUT2D eigenvalue weighted by atomic mass is 9.74. The maximum Gasteiger partial charge on any atom is 0.228 e. The molecule has 1 aromatic rings. The molecule has 3 N–H and O–H groups in total. The highest BCUT2D eigenvalue weighted by molar-refractivity contribution is 5.99. The Morgan fingerprint density at radius 1 is 1.39 bits per heavy atom. The van der Waals surface area contributed by atoms with Crippen molar-refractivity contribution in [1.29, 1.82) is 0 Å². The van der Waals surface area contributed by atoms with Gasteiger partial charge in [0.15, 0.2) is 0 Å². The van der Waals surface area contributed by atoms with Crippen molar-refractivity contribution in [1.82, 2.24) is 0 Å². The molecule has 2 aliphatic heterocycles. The first-order valence-electron chi connectivity index (χ1n) is 6.45. The van der Waals surface area contributed by atoms with Crippen LogP contribution in [0, 0.1) is 0 Å². The van der Waals surface area contributed by atoms with E-state index in [9.17, 15) is 4.79 Å². The Hall–Kier alpha value is -1.39. The van der Waals surface area contributed by atoms with Crippen molar-refractivity contribution < 1.29 is 9.53 Å². The average molecular weight is 246 g/mol. The molecule has 4 heteroatoms. The van der Waals surface area contributed by atoms with Gasteiger partial charge in [-0.05, 0) is 36.6 Å². The van der Waals surface area contributed by atoms with E-state index in [-0.39, 0.29) is 11.3 Å². The third-order valence-corrected chi connectivity index (χ3v) is 3.96. The first-order valence-corrected chi connectivity index (χ1v) is 6.45. The van der Waals surface area contributed by atoms with E-state index in [2.05, 4.69) is 17.4 Å². The minimum absolute atomic E-state index is 0.0861. The van der Waals surface area contributed by atoms with Gasteiger partial charge < -0.3 is 15.8 Å². The van der Waals surface area contributed by atoms with Crippen molar-refractivity contribution in [2.45, 2.75) is 24.7 Å². The molecule has 2 aliphatic rings. The van der Waals surface area contributed by atoms with E-state index in [0.29, 0.717) is 13.0 Å². The fraction of sp³-hybridized carbons (Fsp3) is 0.500. The number of nitrogens with one attached hydrogen (secondary N) is 1. The Balaban J connectivity index is 1.88. The number of fused-ring (bicyclic) bond motifs is 1. The molecule has 0 bridgehead atoms. The zero-order valence-electron chi connectivity index (χ0n) is 10.4. The zero-order chi connectivity index (χ0) is 12.6. The summed E-state index contributed by atoms with van der Waals surface area (Å²) in [5.41, 5.74) is 9.08. The van der Waals surface area contributed by atoms with Crippen LogP contribution in [0.1, 0.15) is 24.0 Å².